The fraction of sp³-hybridized carbons (Fsp3) is 0. The minimum Gasteiger partial charge on any atom is -0.505 e. The van der Waals surface area contributed by atoms with Crippen molar-refractivity contribution in [2.24, 2.45) is 0 Å². The smallest absolute Gasteiger partial charge is 0.268 e. The molecule has 1 aromatic heterocycles. The monoisotopic (exact) mass is 349 g/mol. The van der Waals surface area contributed by atoms with Gasteiger partial charge in [0.1, 0.15) is 11.4 Å². The van der Waals surface area contributed by atoms with E-state index in [1.54, 1.807) is 66.7 Å². The molecular formula is C20H15NO3S. The van der Waals surface area contributed by atoms with Crippen molar-refractivity contribution in [3.05, 3.63) is 84.9 Å². The lowest BCUT2D eigenvalue weighted by Crippen LogP contribution is -2.14. The third-order valence-corrected chi connectivity index (χ3v) is 5.86. The Labute approximate surface area is 145 Å². The van der Waals surface area contributed by atoms with Crippen LogP contribution in [0.25, 0.3) is 22.2 Å². The number of hydrogen-bond donors (Lipinski definition) is 1. The lowest BCUT2D eigenvalue weighted by molar-refractivity contribution is 0.482. The summed E-state index contributed by atoms with van der Waals surface area (Å²) in [5, 5.41) is 11.2. The Kier molecular flexibility index (Phi) is 3.58. The molecule has 0 radical (unpaired) electrons. The Morgan fingerprint density at radius 3 is 1.96 bits per heavy atom. The zero-order valence-corrected chi connectivity index (χ0v) is 14.0. The van der Waals surface area contributed by atoms with Crippen LogP contribution >= 0.6 is 0 Å². The summed E-state index contributed by atoms with van der Waals surface area (Å²) in [6, 6.07) is 24.2. The molecule has 0 fully saturated rings. The molecule has 0 saturated carbocycles. The van der Waals surface area contributed by atoms with Gasteiger partial charge >= 0.3 is 0 Å². The van der Waals surface area contributed by atoms with E-state index in [2.05, 4.69) is 0 Å². The molecule has 25 heavy (non-hydrogen) atoms. The number of rotatable bonds is 3. The van der Waals surface area contributed by atoms with E-state index in [0.29, 0.717) is 16.5 Å². The second-order valence-corrected chi connectivity index (χ2v) is 7.45. The zero-order chi connectivity index (χ0) is 17.4. The maximum Gasteiger partial charge on any atom is 0.268 e. The van der Waals surface area contributed by atoms with Gasteiger partial charge in [0.25, 0.3) is 10.0 Å². The molecule has 0 aliphatic carbocycles. The molecule has 124 valence electrons. The number of hydrogen-bond acceptors (Lipinski definition) is 3. The van der Waals surface area contributed by atoms with Gasteiger partial charge in [-0.05, 0) is 24.3 Å². The van der Waals surface area contributed by atoms with E-state index >= 15 is 0 Å². The van der Waals surface area contributed by atoms with Gasteiger partial charge in [-0.15, -0.1) is 0 Å². The average Bonchev–Trinajstić information content (AvgIpc) is 2.97. The summed E-state index contributed by atoms with van der Waals surface area (Å²) in [6.45, 7) is 0. The summed E-state index contributed by atoms with van der Waals surface area (Å²) in [7, 11) is -3.87. The number of aromatic hydroxyl groups is 1. The Balaban J connectivity index is 2.14. The van der Waals surface area contributed by atoms with Crippen molar-refractivity contribution in [1.82, 2.24) is 3.97 Å². The van der Waals surface area contributed by atoms with E-state index in [4.69, 9.17) is 0 Å². The highest BCUT2D eigenvalue weighted by Gasteiger charge is 2.27. The molecule has 0 bridgehead atoms. The van der Waals surface area contributed by atoms with Gasteiger partial charge in [0.2, 0.25) is 0 Å². The van der Waals surface area contributed by atoms with Crippen molar-refractivity contribution >= 4 is 20.9 Å². The van der Waals surface area contributed by atoms with Crippen LogP contribution in [0.5, 0.6) is 5.75 Å². The van der Waals surface area contributed by atoms with Gasteiger partial charge in [0.05, 0.1) is 10.4 Å². The van der Waals surface area contributed by atoms with Crippen molar-refractivity contribution in [3.8, 4) is 17.0 Å². The summed E-state index contributed by atoms with van der Waals surface area (Å²) in [5.41, 5.74) is 1.35. The molecule has 0 spiro atoms. The number of benzene rings is 3. The topological polar surface area (TPSA) is 59.3 Å². The average molecular weight is 349 g/mol. The minimum atomic E-state index is -3.87. The highest BCUT2D eigenvalue weighted by atomic mass is 32.2. The van der Waals surface area contributed by atoms with Gasteiger partial charge in [0, 0.05) is 10.9 Å². The molecule has 0 atom stereocenters. The first-order valence-corrected chi connectivity index (χ1v) is 9.23. The number of nitrogens with zero attached hydrogens (tertiary/aromatic N) is 1. The Bertz CT molecular complexity index is 1150. The van der Waals surface area contributed by atoms with Crippen LogP contribution < -0.4 is 0 Å². The van der Waals surface area contributed by atoms with Gasteiger partial charge < -0.3 is 5.11 Å². The number of para-hydroxylation sites is 1. The van der Waals surface area contributed by atoms with Crippen LogP contribution in [-0.2, 0) is 10.0 Å². The van der Waals surface area contributed by atoms with Crippen molar-refractivity contribution < 1.29 is 13.5 Å². The lowest BCUT2D eigenvalue weighted by atomic mass is 10.1. The second kappa shape index (κ2) is 5.79. The third kappa shape index (κ3) is 2.40. The molecule has 0 amide bonds. The third-order valence-electron chi connectivity index (χ3n) is 4.13. The molecule has 0 aliphatic heterocycles. The van der Waals surface area contributed by atoms with E-state index < -0.39 is 10.0 Å². The fourth-order valence-corrected chi connectivity index (χ4v) is 4.55. The Hall–Kier alpha value is -3.05. The molecule has 4 nitrogen and oxygen atoms in total. The van der Waals surface area contributed by atoms with Crippen molar-refractivity contribution in [1.29, 1.82) is 0 Å². The van der Waals surface area contributed by atoms with E-state index in [1.807, 2.05) is 18.2 Å². The van der Waals surface area contributed by atoms with Gasteiger partial charge in [-0.2, -0.15) is 0 Å². The zero-order valence-electron chi connectivity index (χ0n) is 13.2. The first-order valence-electron chi connectivity index (χ1n) is 7.79. The largest absolute Gasteiger partial charge is 0.505 e. The number of aromatic nitrogens is 1. The van der Waals surface area contributed by atoms with Gasteiger partial charge in [-0.3, -0.25) is 0 Å². The lowest BCUT2D eigenvalue weighted by Gasteiger charge is -2.12. The van der Waals surface area contributed by atoms with E-state index in [9.17, 15) is 13.5 Å². The van der Waals surface area contributed by atoms with E-state index in [1.165, 1.54) is 3.97 Å². The van der Waals surface area contributed by atoms with Crippen LogP contribution in [0.3, 0.4) is 0 Å². The highest BCUT2D eigenvalue weighted by molar-refractivity contribution is 7.90. The standard InChI is InChI=1S/C20H15NO3S/c22-20-17-13-7-8-14-18(17)21(19(20)15-9-3-1-4-10-15)25(23,24)16-11-5-2-6-12-16/h1-14,22H. The van der Waals surface area contributed by atoms with Crippen LogP contribution in [0.2, 0.25) is 0 Å². The molecule has 4 rings (SSSR count). The molecule has 5 heteroatoms. The molecule has 1 heterocycles. The van der Waals surface area contributed by atoms with Gasteiger partial charge in [-0.25, -0.2) is 12.4 Å². The van der Waals surface area contributed by atoms with Crippen LogP contribution in [0.15, 0.2) is 89.8 Å². The van der Waals surface area contributed by atoms with E-state index in [-0.39, 0.29) is 16.3 Å². The van der Waals surface area contributed by atoms with Crippen LogP contribution in [0.4, 0.5) is 0 Å². The predicted molar refractivity (Wildman–Crippen MR) is 98.1 cm³/mol. The SMILES string of the molecule is O=S(=O)(c1ccccc1)n1c(-c2ccccc2)c(O)c2ccccc21. The van der Waals surface area contributed by atoms with Gasteiger partial charge in [0.15, 0.2) is 0 Å². The van der Waals surface area contributed by atoms with Crippen LogP contribution in [-0.4, -0.2) is 17.5 Å². The maximum absolute atomic E-state index is 13.3. The van der Waals surface area contributed by atoms with Crippen LogP contribution in [0, 0.1) is 0 Å². The molecule has 0 unspecified atom stereocenters. The predicted octanol–water partition coefficient (Wildman–Crippen LogP) is 4.25. The molecule has 1 N–H and O–H groups in total. The minimum absolute atomic E-state index is 0.0405. The van der Waals surface area contributed by atoms with Crippen molar-refractivity contribution in [2.75, 3.05) is 0 Å². The number of fused-ring (bicyclic) bond motifs is 1. The summed E-state index contributed by atoms with van der Waals surface area (Å²) in [4.78, 5) is 0.174. The van der Waals surface area contributed by atoms with Crippen molar-refractivity contribution in [3.63, 3.8) is 0 Å². The molecule has 4 aromatic rings. The van der Waals surface area contributed by atoms with E-state index in [0.717, 1.165) is 0 Å². The Morgan fingerprint density at radius 1 is 0.720 bits per heavy atom. The van der Waals surface area contributed by atoms with Crippen molar-refractivity contribution in [2.45, 2.75) is 4.90 Å². The summed E-state index contributed by atoms with van der Waals surface area (Å²) < 4.78 is 27.8. The quantitative estimate of drug-likeness (QED) is 0.601. The molecule has 0 saturated heterocycles. The van der Waals surface area contributed by atoms with Crippen LogP contribution in [0.1, 0.15) is 0 Å². The molecular weight excluding hydrogens is 334 g/mol. The summed E-state index contributed by atoms with van der Waals surface area (Å²) >= 11 is 0. The first-order chi connectivity index (χ1) is 12.1. The first kappa shape index (κ1) is 15.5. The Morgan fingerprint density at radius 2 is 1.28 bits per heavy atom. The molecule has 3 aromatic carbocycles. The second-order valence-electron chi connectivity index (χ2n) is 5.66. The highest BCUT2D eigenvalue weighted by Crippen LogP contribution is 2.41. The summed E-state index contributed by atoms with van der Waals surface area (Å²) in [5.74, 6) is -0.0405. The summed E-state index contributed by atoms with van der Waals surface area (Å²) in [6.07, 6.45) is 0. The van der Waals surface area contributed by atoms with Gasteiger partial charge in [-0.1, -0.05) is 60.7 Å². The normalized spacial score (nSPS) is 11.7. The fourth-order valence-electron chi connectivity index (χ4n) is 2.99. The maximum atomic E-state index is 13.3. The molecule has 0 aliphatic rings.